The third-order valence-corrected chi connectivity index (χ3v) is 5.61. The third kappa shape index (κ3) is 2.58. The number of fused-ring (bicyclic) bond motifs is 5. The predicted molar refractivity (Wildman–Crippen MR) is 104 cm³/mol. The van der Waals surface area contributed by atoms with E-state index in [1.54, 1.807) is 12.4 Å². The average molecular weight is 356 g/mol. The van der Waals surface area contributed by atoms with E-state index in [0.717, 1.165) is 29.7 Å². The molecule has 2 bridgehead atoms. The minimum atomic E-state index is -0.0815. The van der Waals surface area contributed by atoms with Gasteiger partial charge in [0.05, 0.1) is 17.8 Å². The van der Waals surface area contributed by atoms with Crippen molar-refractivity contribution in [2.24, 2.45) is 0 Å². The number of urea groups is 1. The minimum absolute atomic E-state index is 0.0815. The molecule has 5 nitrogen and oxygen atoms in total. The first-order chi connectivity index (χ1) is 13.2. The first kappa shape index (κ1) is 16.0. The zero-order chi connectivity index (χ0) is 18.4. The fourth-order valence-corrected chi connectivity index (χ4v) is 4.39. The Hall–Kier alpha value is -3.21. The molecule has 1 N–H and O–H groups in total. The van der Waals surface area contributed by atoms with Crippen LogP contribution < -0.4 is 5.32 Å². The van der Waals surface area contributed by atoms with Gasteiger partial charge in [-0.3, -0.25) is 10.3 Å². The number of nitrogens with one attached hydrogen (secondary N) is 1. The Morgan fingerprint density at radius 2 is 1.74 bits per heavy atom. The van der Waals surface area contributed by atoms with Crippen LogP contribution in [-0.2, 0) is 0 Å². The summed E-state index contributed by atoms with van der Waals surface area (Å²) in [5.41, 5.74) is 5.46. The van der Waals surface area contributed by atoms with Crippen LogP contribution in [0.5, 0.6) is 0 Å². The van der Waals surface area contributed by atoms with Gasteiger partial charge in [-0.05, 0) is 54.7 Å². The molecule has 0 radical (unpaired) electrons. The summed E-state index contributed by atoms with van der Waals surface area (Å²) >= 11 is 0. The molecule has 2 aliphatic rings. The molecule has 1 aromatic carbocycles. The fourth-order valence-electron chi connectivity index (χ4n) is 4.39. The van der Waals surface area contributed by atoms with Crippen molar-refractivity contribution in [1.29, 1.82) is 0 Å². The number of nitrogens with zero attached hydrogens (tertiary/aromatic N) is 3. The summed E-state index contributed by atoms with van der Waals surface area (Å²) in [6.07, 6.45) is 5.60. The largest absolute Gasteiger partial charge is 0.324 e. The van der Waals surface area contributed by atoms with E-state index >= 15 is 0 Å². The summed E-state index contributed by atoms with van der Waals surface area (Å²) in [7, 11) is 0. The number of anilines is 1. The topological polar surface area (TPSA) is 58.1 Å². The smallest absolute Gasteiger partial charge is 0.310 e. The Morgan fingerprint density at radius 1 is 1.04 bits per heavy atom. The molecule has 0 saturated carbocycles. The Bertz CT molecular complexity index is 987. The predicted octanol–water partition coefficient (Wildman–Crippen LogP) is 4.88. The molecule has 2 aliphatic heterocycles. The summed E-state index contributed by atoms with van der Waals surface area (Å²) in [4.78, 5) is 23.8. The van der Waals surface area contributed by atoms with Gasteiger partial charge in [0.25, 0.3) is 0 Å². The SMILES string of the molecule is Cc1cnc(NC(=O)N2C3CCC2c2ccccc23)cc1-c1ccccn1. The Labute approximate surface area is 158 Å². The van der Waals surface area contributed by atoms with Gasteiger partial charge in [0.15, 0.2) is 0 Å². The normalized spacial score (nSPS) is 19.8. The van der Waals surface area contributed by atoms with Crippen molar-refractivity contribution < 1.29 is 4.79 Å². The zero-order valence-electron chi connectivity index (χ0n) is 15.1. The Kier molecular flexibility index (Phi) is 3.67. The van der Waals surface area contributed by atoms with Crippen molar-refractivity contribution in [3.05, 3.63) is 77.6 Å². The number of rotatable bonds is 2. The maximum atomic E-state index is 13.0. The summed E-state index contributed by atoms with van der Waals surface area (Å²) in [5.74, 6) is 0.557. The van der Waals surface area contributed by atoms with E-state index in [2.05, 4.69) is 39.6 Å². The van der Waals surface area contributed by atoms with Gasteiger partial charge in [-0.15, -0.1) is 0 Å². The van der Waals surface area contributed by atoms with Crippen molar-refractivity contribution in [3.63, 3.8) is 0 Å². The molecule has 0 aliphatic carbocycles. The number of amides is 2. The maximum Gasteiger partial charge on any atom is 0.324 e. The van der Waals surface area contributed by atoms with Crippen LogP contribution in [0.4, 0.5) is 10.6 Å². The number of hydrogen-bond acceptors (Lipinski definition) is 3. The average Bonchev–Trinajstić information content (AvgIpc) is 3.28. The van der Waals surface area contributed by atoms with Gasteiger partial charge < -0.3 is 4.90 Å². The number of carbonyl (C=O) groups is 1. The quantitative estimate of drug-likeness (QED) is 0.712. The molecule has 2 aromatic heterocycles. The number of aryl methyl sites for hydroxylation is 1. The van der Waals surface area contributed by atoms with Gasteiger partial charge in [0.1, 0.15) is 5.82 Å². The van der Waals surface area contributed by atoms with Gasteiger partial charge in [0.2, 0.25) is 0 Å². The lowest BCUT2D eigenvalue weighted by atomic mass is 9.92. The highest BCUT2D eigenvalue weighted by Gasteiger charge is 2.46. The van der Waals surface area contributed by atoms with E-state index in [1.165, 1.54) is 11.1 Å². The number of pyridine rings is 2. The summed E-state index contributed by atoms with van der Waals surface area (Å²) in [6.45, 7) is 2.00. The van der Waals surface area contributed by atoms with Gasteiger partial charge >= 0.3 is 6.03 Å². The highest BCUT2D eigenvalue weighted by Crippen LogP contribution is 2.52. The second kappa shape index (κ2) is 6.20. The van der Waals surface area contributed by atoms with E-state index in [9.17, 15) is 4.79 Å². The van der Waals surface area contributed by atoms with E-state index < -0.39 is 0 Å². The second-order valence-corrected chi connectivity index (χ2v) is 7.17. The van der Waals surface area contributed by atoms with Crippen LogP contribution in [0.3, 0.4) is 0 Å². The van der Waals surface area contributed by atoms with Crippen molar-refractivity contribution in [3.8, 4) is 11.3 Å². The van der Waals surface area contributed by atoms with Gasteiger partial charge in [-0.25, -0.2) is 9.78 Å². The maximum absolute atomic E-state index is 13.0. The standard InChI is InChI=1S/C22H20N4O/c1-14-13-24-21(12-17(14)18-8-4-5-11-23-18)25-22(27)26-19-9-10-20(26)16-7-3-2-6-15(16)19/h2-8,11-13,19-20H,9-10H2,1H3,(H,24,25,27). The minimum Gasteiger partial charge on any atom is -0.310 e. The van der Waals surface area contributed by atoms with Gasteiger partial charge in [-0.2, -0.15) is 0 Å². The van der Waals surface area contributed by atoms with E-state index in [-0.39, 0.29) is 18.1 Å². The summed E-state index contributed by atoms with van der Waals surface area (Å²) < 4.78 is 0. The molecule has 1 saturated heterocycles. The highest BCUT2D eigenvalue weighted by molar-refractivity contribution is 5.90. The van der Waals surface area contributed by atoms with E-state index in [4.69, 9.17) is 0 Å². The fraction of sp³-hybridized carbons (Fsp3) is 0.227. The molecule has 2 unspecified atom stereocenters. The molecule has 5 rings (SSSR count). The molecule has 1 fully saturated rings. The van der Waals surface area contributed by atoms with Gasteiger partial charge in [0, 0.05) is 18.0 Å². The van der Waals surface area contributed by atoms with Crippen LogP contribution in [0.15, 0.2) is 60.9 Å². The lowest BCUT2D eigenvalue weighted by Gasteiger charge is -2.23. The second-order valence-electron chi connectivity index (χ2n) is 7.17. The molecule has 134 valence electrons. The number of benzene rings is 1. The van der Waals surface area contributed by atoms with Crippen LogP contribution in [0.25, 0.3) is 11.3 Å². The molecule has 4 heterocycles. The van der Waals surface area contributed by atoms with Crippen molar-refractivity contribution in [2.45, 2.75) is 31.8 Å². The molecule has 5 heteroatoms. The molecular formula is C22H20N4O. The van der Waals surface area contributed by atoms with Crippen LogP contribution in [0.2, 0.25) is 0 Å². The number of carbonyl (C=O) groups excluding carboxylic acids is 1. The Morgan fingerprint density at radius 3 is 2.41 bits per heavy atom. The van der Waals surface area contributed by atoms with E-state index in [0.29, 0.717) is 5.82 Å². The van der Waals surface area contributed by atoms with Crippen molar-refractivity contribution in [2.75, 3.05) is 5.32 Å². The number of hydrogen-bond donors (Lipinski definition) is 1. The highest BCUT2D eigenvalue weighted by atomic mass is 16.2. The lowest BCUT2D eigenvalue weighted by Crippen LogP contribution is -2.32. The number of aromatic nitrogens is 2. The first-order valence-corrected chi connectivity index (χ1v) is 9.28. The lowest BCUT2D eigenvalue weighted by molar-refractivity contribution is 0.197. The molecule has 2 amide bonds. The molecule has 2 atom stereocenters. The van der Waals surface area contributed by atoms with Gasteiger partial charge in [-0.1, -0.05) is 30.3 Å². The van der Waals surface area contributed by atoms with Crippen LogP contribution >= 0.6 is 0 Å². The van der Waals surface area contributed by atoms with Crippen LogP contribution in [0.1, 0.15) is 41.6 Å². The molecule has 3 aromatic rings. The van der Waals surface area contributed by atoms with Crippen LogP contribution in [0, 0.1) is 6.92 Å². The molecule has 27 heavy (non-hydrogen) atoms. The molecular weight excluding hydrogens is 336 g/mol. The monoisotopic (exact) mass is 356 g/mol. The van der Waals surface area contributed by atoms with E-state index in [1.807, 2.05) is 36.1 Å². The van der Waals surface area contributed by atoms with Crippen molar-refractivity contribution >= 4 is 11.8 Å². The van der Waals surface area contributed by atoms with Crippen molar-refractivity contribution in [1.82, 2.24) is 14.9 Å². The Balaban J connectivity index is 1.41. The first-order valence-electron chi connectivity index (χ1n) is 9.28. The molecule has 0 spiro atoms. The zero-order valence-corrected chi connectivity index (χ0v) is 15.1. The summed E-state index contributed by atoms with van der Waals surface area (Å²) in [5, 5.41) is 3.01. The summed E-state index contributed by atoms with van der Waals surface area (Å²) in [6, 6.07) is 16.4. The third-order valence-electron chi connectivity index (χ3n) is 5.61. The van der Waals surface area contributed by atoms with Crippen LogP contribution in [-0.4, -0.2) is 20.9 Å².